The molecule has 2 fully saturated rings. The molecule has 2 saturated heterocycles. The minimum Gasteiger partial charge on any atom is -0.376 e. The van der Waals surface area contributed by atoms with Gasteiger partial charge in [-0.3, -0.25) is 9.36 Å². The lowest BCUT2D eigenvalue weighted by Gasteiger charge is -2.42. The Morgan fingerprint density at radius 3 is 2.62 bits per heavy atom. The Hall–Kier alpha value is -1.96. The van der Waals surface area contributed by atoms with Crippen molar-refractivity contribution in [3.63, 3.8) is 0 Å². The Morgan fingerprint density at radius 2 is 2.00 bits per heavy atom. The number of anilines is 1. The summed E-state index contributed by atoms with van der Waals surface area (Å²) in [5.41, 5.74) is 6.99. The van der Waals surface area contributed by atoms with Crippen LogP contribution in [0.4, 0.5) is 10.2 Å². The molecule has 1 spiro atoms. The van der Waals surface area contributed by atoms with Crippen molar-refractivity contribution in [3.05, 3.63) is 50.8 Å². The Morgan fingerprint density at radius 1 is 1.31 bits per heavy atom. The van der Waals surface area contributed by atoms with Gasteiger partial charge in [0.1, 0.15) is 22.5 Å². The Labute approximate surface area is 174 Å². The number of benzene rings is 1. The number of piperidine rings is 1. The van der Waals surface area contributed by atoms with Crippen LogP contribution < -0.4 is 16.2 Å². The number of aryl methyl sites for hydroxylation is 1. The summed E-state index contributed by atoms with van der Waals surface area (Å²) in [6.45, 7) is 7.74. The van der Waals surface area contributed by atoms with Gasteiger partial charge in [0.2, 0.25) is 0 Å². The second-order valence-corrected chi connectivity index (χ2v) is 8.59. The maximum absolute atomic E-state index is 13.9. The summed E-state index contributed by atoms with van der Waals surface area (Å²) < 4.78 is 21.1. The number of halogens is 2. The van der Waals surface area contributed by atoms with Gasteiger partial charge in [0.25, 0.3) is 5.56 Å². The van der Waals surface area contributed by atoms with E-state index in [1.165, 1.54) is 16.7 Å². The zero-order valence-corrected chi connectivity index (χ0v) is 17.7. The van der Waals surface area contributed by atoms with Crippen LogP contribution in [0.25, 0.3) is 5.69 Å². The summed E-state index contributed by atoms with van der Waals surface area (Å²) in [5, 5.41) is -0.0871. The van der Waals surface area contributed by atoms with Gasteiger partial charge < -0.3 is 15.4 Å². The fourth-order valence-electron chi connectivity index (χ4n) is 4.59. The molecule has 0 bridgehead atoms. The van der Waals surface area contributed by atoms with Crippen molar-refractivity contribution in [2.24, 2.45) is 11.1 Å². The van der Waals surface area contributed by atoms with Gasteiger partial charge in [-0.05, 0) is 45.7 Å². The molecule has 0 unspecified atom stereocenters. The summed E-state index contributed by atoms with van der Waals surface area (Å²) in [5.74, 6) is 0.576. The van der Waals surface area contributed by atoms with Gasteiger partial charge in [-0.1, -0.05) is 17.7 Å². The molecule has 29 heavy (non-hydrogen) atoms. The largest absolute Gasteiger partial charge is 0.376 e. The molecule has 2 aromatic rings. The Bertz CT molecular complexity index is 1000. The van der Waals surface area contributed by atoms with Crippen molar-refractivity contribution < 1.29 is 9.13 Å². The summed E-state index contributed by atoms with van der Waals surface area (Å²) in [6.07, 6.45) is 1.87. The average Bonchev–Trinajstić information content (AvgIpc) is 2.97. The highest BCUT2D eigenvalue weighted by Crippen LogP contribution is 2.42. The van der Waals surface area contributed by atoms with Gasteiger partial charge in [0.15, 0.2) is 0 Å². The van der Waals surface area contributed by atoms with Gasteiger partial charge in [0.05, 0.1) is 24.0 Å². The fraction of sp³-hybridized carbons (Fsp3) is 0.524. The van der Waals surface area contributed by atoms with Crippen LogP contribution in [0.1, 0.15) is 31.2 Å². The number of aromatic nitrogens is 2. The average molecular weight is 421 g/mol. The lowest BCUT2D eigenvalue weighted by Crippen LogP contribution is -2.51. The maximum Gasteiger partial charge on any atom is 0.263 e. The van der Waals surface area contributed by atoms with Crippen LogP contribution >= 0.6 is 11.6 Å². The Kier molecular flexibility index (Phi) is 5.17. The summed E-state index contributed by atoms with van der Waals surface area (Å²) in [4.78, 5) is 20.0. The zero-order chi connectivity index (χ0) is 20.9. The Balaban J connectivity index is 1.66. The zero-order valence-electron chi connectivity index (χ0n) is 16.9. The van der Waals surface area contributed by atoms with Crippen LogP contribution in [0.15, 0.2) is 23.0 Å². The molecule has 1 aromatic carbocycles. The van der Waals surface area contributed by atoms with E-state index in [1.807, 2.05) is 6.92 Å². The highest BCUT2D eigenvalue weighted by Gasteiger charge is 2.47. The first kappa shape index (κ1) is 20.3. The third kappa shape index (κ3) is 3.25. The molecular formula is C21H26ClFN4O2. The topological polar surface area (TPSA) is 73.4 Å². The molecule has 0 amide bonds. The summed E-state index contributed by atoms with van der Waals surface area (Å²) >= 11 is 6.11. The fourth-order valence-corrected chi connectivity index (χ4v) is 4.80. The molecule has 2 atom stereocenters. The van der Waals surface area contributed by atoms with Crippen molar-refractivity contribution in [3.8, 4) is 5.69 Å². The maximum atomic E-state index is 13.9. The molecule has 8 heteroatoms. The third-order valence-electron chi connectivity index (χ3n) is 6.53. The first-order chi connectivity index (χ1) is 13.7. The predicted molar refractivity (Wildman–Crippen MR) is 112 cm³/mol. The molecule has 2 N–H and O–H groups in total. The number of ether oxygens (including phenoxy) is 1. The van der Waals surface area contributed by atoms with E-state index < -0.39 is 5.82 Å². The van der Waals surface area contributed by atoms with E-state index in [0.29, 0.717) is 29.5 Å². The molecular weight excluding hydrogens is 395 g/mol. The van der Waals surface area contributed by atoms with Crippen molar-refractivity contribution in [1.29, 1.82) is 0 Å². The number of rotatable bonds is 2. The molecule has 4 rings (SSSR count). The second-order valence-electron chi connectivity index (χ2n) is 8.21. The lowest BCUT2D eigenvalue weighted by molar-refractivity contribution is 0.0974. The van der Waals surface area contributed by atoms with E-state index in [-0.39, 0.29) is 28.1 Å². The quantitative estimate of drug-likeness (QED) is 0.808. The van der Waals surface area contributed by atoms with Crippen LogP contribution in [0, 0.1) is 25.1 Å². The van der Waals surface area contributed by atoms with Gasteiger partial charge in [-0.15, -0.1) is 0 Å². The lowest BCUT2D eigenvalue weighted by atomic mass is 9.73. The third-order valence-corrected chi connectivity index (χ3v) is 6.90. The number of nitrogens with zero attached hydrogens (tertiary/aromatic N) is 3. The molecule has 3 heterocycles. The van der Waals surface area contributed by atoms with Gasteiger partial charge in [-0.2, -0.15) is 0 Å². The van der Waals surface area contributed by atoms with Crippen molar-refractivity contribution in [1.82, 2.24) is 9.55 Å². The van der Waals surface area contributed by atoms with Crippen LogP contribution in [0.5, 0.6) is 0 Å². The smallest absolute Gasteiger partial charge is 0.263 e. The highest BCUT2D eigenvalue weighted by atomic mass is 35.5. The van der Waals surface area contributed by atoms with E-state index in [4.69, 9.17) is 27.1 Å². The minimum atomic E-state index is -0.567. The predicted octanol–water partition coefficient (Wildman–Crippen LogP) is 2.97. The van der Waals surface area contributed by atoms with Gasteiger partial charge in [0, 0.05) is 24.5 Å². The second kappa shape index (κ2) is 7.38. The van der Waals surface area contributed by atoms with Gasteiger partial charge >= 0.3 is 0 Å². The summed E-state index contributed by atoms with van der Waals surface area (Å²) in [6, 6.07) is 4.45. The van der Waals surface area contributed by atoms with E-state index in [1.54, 1.807) is 19.9 Å². The molecule has 156 valence electrons. The molecule has 2 aliphatic heterocycles. The highest BCUT2D eigenvalue weighted by molar-refractivity contribution is 6.32. The van der Waals surface area contributed by atoms with Crippen molar-refractivity contribution in [2.45, 2.75) is 45.8 Å². The minimum absolute atomic E-state index is 0.00292. The first-order valence-electron chi connectivity index (χ1n) is 9.92. The van der Waals surface area contributed by atoms with Crippen LogP contribution in [-0.2, 0) is 4.74 Å². The molecule has 0 aliphatic carbocycles. The normalized spacial score (nSPS) is 23.7. The van der Waals surface area contributed by atoms with Crippen LogP contribution in [0.3, 0.4) is 0 Å². The monoisotopic (exact) mass is 420 g/mol. The van der Waals surface area contributed by atoms with E-state index in [0.717, 1.165) is 25.9 Å². The van der Waals surface area contributed by atoms with E-state index >= 15 is 0 Å². The SMILES string of the molecule is Cc1c(N2CCC3(CC2)CO[C@H](C)[C@@H]3N)nc(C)n(-c2cccc(F)c2Cl)c1=O. The number of hydrogen-bond donors (Lipinski definition) is 1. The van der Waals surface area contributed by atoms with Crippen molar-refractivity contribution >= 4 is 17.4 Å². The molecule has 0 radical (unpaired) electrons. The van der Waals surface area contributed by atoms with E-state index in [2.05, 4.69) is 4.90 Å². The van der Waals surface area contributed by atoms with Crippen LogP contribution in [-0.4, -0.2) is 41.4 Å². The first-order valence-corrected chi connectivity index (χ1v) is 10.3. The van der Waals surface area contributed by atoms with E-state index in [9.17, 15) is 9.18 Å². The number of nitrogens with two attached hydrogens (primary N) is 1. The van der Waals surface area contributed by atoms with Crippen LogP contribution in [0.2, 0.25) is 5.02 Å². The molecule has 1 aromatic heterocycles. The molecule has 0 saturated carbocycles. The van der Waals surface area contributed by atoms with Gasteiger partial charge in [-0.25, -0.2) is 9.37 Å². The van der Waals surface area contributed by atoms with Crippen molar-refractivity contribution in [2.75, 3.05) is 24.6 Å². The summed E-state index contributed by atoms with van der Waals surface area (Å²) in [7, 11) is 0. The molecule has 2 aliphatic rings. The molecule has 6 nitrogen and oxygen atoms in total. The standard InChI is InChI=1S/C21H26ClFN4O2/c1-12-19(26-9-7-21(8-10-26)11-29-13(2)18(21)24)25-14(3)27(20(12)28)16-6-4-5-15(23)17(16)22/h4-6,13,18H,7-11,24H2,1-3H3/t13-,18+/m1/s1. The number of hydrogen-bond acceptors (Lipinski definition) is 5.